The summed E-state index contributed by atoms with van der Waals surface area (Å²) in [5.41, 5.74) is 2.44. The Balaban J connectivity index is 2.23. The van der Waals surface area contributed by atoms with Crippen LogP contribution in [0.25, 0.3) is 0 Å². The molecule has 0 aliphatic carbocycles. The van der Waals surface area contributed by atoms with E-state index in [1.54, 1.807) is 43.4 Å². The van der Waals surface area contributed by atoms with Crippen molar-refractivity contribution < 1.29 is 4.79 Å². The molecule has 0 aromatic heterocycles. The number of anilines is 2. The van der Waals surface area contributed by atoms with E-state index in [9.17, 15) is 4.79 Å². The van der Waals surface area contributed by atoms with E-state index in [2.05, 4.69) is 10.6 Å². The van der Waals surface area contributed by atoms with Crippen LogP contribution in [0.15, 0.2) is 36.4 Å². The zero-order valence-electron chi connectivity index (χ0n) is 11.2. The van der Waals surface area contributed by atoms with Gasteiger partial charge in [-0.3, -0.25) is 4.79 Å². The first-order chi connectivity index (χ1) is 10.0. The topological polar surface area (TPSA) is 65.0 Å². The van der Waals surface area contributed by atoms with Gasteiger partial charge < -0.3 is 16.0 Å². The third-order valence-corrected chi connectivity index (χ3v) is 3.66. The quantitative estimate of drug-likeness (QED) is 0.735. The van der Waals surface area contributed by atoms with Crippen molar-refractivity contribution in [1.82, 2.24) is 0 Å². The van der Waals surface area contributed by atoms with Crippen molar-refractivity contribution in [3.63, 3.8) is 0 Å². The normalized spacial score (nSPS) is 10.0. The maximum Gasteiger partial charge on any atom is 0.255 e. The van der Waals surface area contributed by atoms with Crippen molar-refractivity contribution in [2.75, 3.05) is 17.7 Å². The van der Waals surface area contributed by atoms with Crippen LogP contribution in [-0.4, -0.2) is 19.2 Å². The molecule has 2 aromatic carbocycles. The minimum absolute atomic E-state index is 0.279. The molecular formula is C15H13Cl2N3O. The Bertz CT molecular complexity index is 701. The predicted octanol–water partition coefficient (Wildman–Crippen LogP) is 4.29. The third kappa shape index (κ3) is 3.54. The van der Waals surface area contributed by atoms with Crippen LogP contribution in [0.5, 0.6) is 0 Å². The predicted molar refractivity (Wildman–Crippen MR) is 88.3 cm³/mol. The highest BCUT2D eigenvalue weighted by molar-refractivity contribution is 6.42. The van der Waals surface area contributed by atoms with Gasteiger partial charge in [-0.05, 0) is 36.4 Å². The molecule has 0 radical (unpaired) electrons. The molecule has 3 N–H and O–H groups in total. The number of rotatable bonds is 4. The van der Waals surface area contributed by atoms with Crippen LogP contribution in [0.3, 0.4) is 0 Å². The Morgan fingerprint density at radius 3 is 2.52 bits per heavy atom. The molecule has 1 amide bonds. The molecule has 2 rings (SSSR count). The van der Waals surface area contributed by atoms with Gasteiger partial charge in [0.1, 0.15) is 0 Å². The Kier molecular flexibility index (Phi) is 4.83. The fourth-order valence-electron chi connectivity index (χ4n) is 1.83. The average molecular weight is 322 g/mol. The van der Waals surface area contributed by atoms with Gasteiger partial charge in [0.15, 0.2) is 0 Å². The number of halogens is 2. The largest absolute Gasteiger partial charge is 0.388 e. The van der Waals surface area contributed by atoms with Crippen molar-refractivity contribution in [1.29, 1.82) is 5.41 Å². The zero-order chi connectivity index (χ0) is 15.4. The maximum atomic E-state index is 12.2. The van der Waals surface area contributed by atoms with E-state index in [-0.39, 0.29) is 5.91 Å². The summed E-state index contributed by atoms with van der Waals surface area (Å²) in [6, 6.07) is 9.96. The summed E-state index contributed by atoms with van der Waals surface area (Å²) < 4.78 is 0. The lowest BCUT2D eigenvalue weighted by atomic mass is 10.1. The minimum atomic E-state index is -0.279. The number of carbonyl (C=O) groups excluding carboxylic acids is 1. The second-order valence-electron chi connectivity index (χ2n) is 4.28. The molecule has 2 aromatic rings. The first kappa shape index (κ1) is 15.4. The number of hydrogen-bond acceptors (Lipinski definition) is 3. The van der Waals surface area contributed by atoms with Crippen LogP contribution in [0.2, 0.25) is 10.0 Å². The first-order valence-electron chi connectivity index (χ1n) is 6.14. The number of nitrogens with one attached hydrogen (secondary N) is 3. The number of carbonyl (C=O) groups is 1. The molecule has 0 saturated carbocycles. The van der Waals surface area contributed by atoms with Gasteiger partial charge in [-0.25, -0.2) is 0 Å². The molecule has 4 nitrogen and oxygen atoms in total. The molecule has 0 fully saturated rings. The lowest BCUT2D eigenvalue weighted by molar-refractivity contribution is 0.102. The summed E-state index contributed by atoms with van der Waals surface area (Å²) >= 11 is 11.7. The smallest absolute Gasteiger partial charge is 0.255 e. The summed E-state index contributed by atoms with van der Waals surface area (Å²) in [4.78, 5) is 12.2. The van der Waals surface area contributed by atoms with E-state index >= 15 is 0 Å². The van der Waals surface area contributed by atoms with E-state index in [4.69, 9.17) is 28.6 Å². The van der Waals surface area contributed by atoms with Crippen LogP contribution in [0.1, 0.15) is 15.9 Å². The molecule has 0 saturated heterocycles. The molecule has 0 atom stereocenters. The molecule has 0 heterocycles. The monoisotopic (exact) mass is 321 g/mol. The van der Waals surface area contributed by atoms with Crippen LogP contribution >= 0.6 is 23.2 Å². The van der Waals surface area contributed by atoms with Gasteiger partial charge in [-0.2, -0.15) is 0 Å². The van der Waals surface area contributed by atoms with Gasteiger partial charge in [0.05, 0.1) is 10.0 Å². The van der Waals surface area contributed by atoms with E-state index in [1.807, 2.05) is 0 Å². The molecule has 0 aliphatic heterocycles. The van der Waals surface area contributed by atoms with Gasteiger partial charge >= 0.3 is 0 Å². The van der Waals surface area contributed by atoms with Crippen molar-refractivity contribution in [3.8, 4) is 0 Å². The van der Waals surface area contributed by atoms with Crippen molar-refractivity contribution in [2.45, 2.75) is 0 Å². The minimum Gasteiger partial charge on any atom is -0.388 e. The highest BCUT2D eigenvalue weighted by atomic mass is 35.5. The SMILES string of the molecule is CNc1ccc(C(=O)Nc2ccc(Cl)c(Cl)c2)cc1C=N. The molecule has 108 valence electrons. The van der Waals surface area contributed by atoms with E-state index in [1.165, 1.54) is 6.21 Å². The van der Waals surface area contributed by atoms with Crippen molar-refractivity contribution >= 4 is 46.7 Å². The second kappa shape index (κ2) is 6.61. The van der Waals surface area contributed by atoms with E-state index in [0.29, 0.717) is 26.9 Å². The highest BCUT2D eigenvalue weighted by Gasteiger charge is 2.09. The lowest BCUT2D eigenvalue weighted by Gasteiger charge is -2.09. The number of amides is 1. The zero-order valence-corrected chi connectivity index (χ0v) is 12.7. The van der Waals surface area contributed by atoms with E-state index in [0.717, 1.165) is 5.69 Å². The number of benzene rings is 2. The van der Waals surface area contributed by atoms with Crippen LogP contribution in [0, 0.1) is 5.41 Å². The molecule has 0 unspecified atom stereocenters. The molecule has 0 aliphatic rings. The third-order valence-electron chi connectivity index (χ3n) is 2.92. The van der Waals surface area contributed by atoms with Crippen LogP contribution < -0.4 is 10.6 Å². The summed E-state index contributed by atoms with van der Waals surface area (Å²) in [7, 11) is 1.76. The molecular weight excluding hydrogens is 309 g/mol. The average Bonchev–Trinajstić information content (AvgIpc) is 2.50. The molecule has 6 heteroatoms. The van der Waals surface area contributed by atoms with Crippen molar-refractivity contribution in [3.05, 3.63) is 57.6 Å². The Hall–Kier alpha value is -2.04. The first-order valence-corrected chi connectivity index (χ1v) is 6.89. The number of hydrogen-bond donors (Lipinski definition) is 3. The molecule has 0 bridgehead atoms. The van der Waals surface area contributed by atoms with Crippen molar-refractivity contribution in [2.24, 2.45) is 0 Å². The fourth-order valence-corrected chi connectivity index (χ4v) is 2.13. The van der Waals surface area contributed by atoms with E-state index < -0.39 is 0 Å². The summed E-state index contributed by atoms with van der Waals surface area (Å²) in [5.74, 6) is -0.279. The van der Waals surface area contributed by atoms with Gasteiger partial charge in [-0.15, -0.1) is 0 Å². The lowest BCUT2D eigenvalue weighted by Crippen LogP contribution is -2.12. The molecule has 0 spiro atoms. The van der Waals surface area contributed by atoms with Gasteiger partial charge in [0, 0.05) is 35.8 Å². The summed E-state index contributed by atoms with van der Waals surface area (Å²) in [5, 5.41) is 13.9. The Labute approximate surface area is 132 Å². The Morgan fingerprint density at radius 2 is 1.90 bits per heavy atom. The maximum absolute atomic E-state index is 12.2. The summed E-state index contributed by atoms with van der Waals surface area (Å²) in [6.45, 7) is 0. The van der Waals surface area contributed by atoms with Gasteiger partial charge in [-0.1, -0.05) is 23.2 Å². The van der Waals surface area contributed by atoms with Gasteiger partial charge in [0.2, 0.25) is 0 Å². The van der Waals surface area contributed by atoms with Gasteiger partial charge in [0.25, 0.3) is 5.91 Å². The van der Waals surface area contributed by atoms with Crippen LogP contribution in [0.4, 0.5) is 11.4 Å². The second-order valence-corrected chi connectivity index (χ2v) is 5.09. The fraction of sp³-hybridized carbons (Fsp3) is 0.0667. The van der Waals surface area contributed by atoms with Crippen LogP contribution in [-0.2, 0) is 0 Å². The highest BCUT2D eigenvalue weighted by Crippen LogP contribution is 2.25. The standard InChI is InChI=1S/C15H13Cl2N3O/c1-19-14-5-2-9(6-10(14)8-18)15(21)20-11-3-4-12(16)13(17)7-11/h2-8,18-19H,1H3,(H,20,21). The Morgan fingerprint density at radius 1 is 1.14 bits per heavy atom. The molecule has 21 heavy (non-hydrogen) atoms. The summed E-state index contributed by atoms with van der Waals surface area (Å²) in [6.07, 6.45) is 1.20.